The zero-order valence-electron chi connectivity index (χ0n) is 12.6. The van der Waals surface area contributed by atoms with Crippen molar-refractivity contribution in [2.24, 2.45) is 0 Å². The number of aliphatic carboxylic acids is 1. The summed E-state index contributed by atoms with van der Waals surface area (Å²) in [6.45, 7) is 5.92. The van der Waals surface area contributed by atoms with Gasteiger partial charge in [-0.15, -0.1) is 0 Å². The van der Waals surface area contributed by atoms with Gasteiger partial charge in [-0.2, -0.15) is 0 Å². The molecule has 0 radical (unpaired) electrons. The predicted molar refractivity (Wildman–Crippen MR) is 80.1 cm³/mol. The van der Waals surface area contributed by atoms with Gasteiger partial charge in [0.1, 0.15) is 5.69 Å². The molecule has 0 unspecified atom stereocenters. The van der Waals surface area contributed by atoms with Gasteiger partial charge in [0.05, 0.1) is 6.42 Å². The number of carbonyl (C=O) groups is 1. The molecule has 0 aliphatic heterocycles. The number of hydrogen-bond donors (Lipinski definition) is 1. The first kappa shape index (κ1) is 15.1. The SMILES string of the molecule is CCc1nc(-c2ncccc2C)nc(CC)c1CC(=O)O. The number of aromatic nitrogens is 3. The van der Waals surface area contributed by atoms with Crippen molar-refractivity contribution < 1.29 is 9.90 Å². The second-order valence-electron chi connectivity index (χ2n) is 4.87. The Morgan fingerprint density at radius 1 is 1.19 bits per heavy atom. The van der Waals surface area contributed by atoms with E-state index in [0.29, 0.717) is 18.7 Å². The molecule has 2 rings (SSSR count). The molecule has 0 aliphatic carbocycles. The summed E-state index contributed by atoms with van der Waals surface area (Å²) >= 11 is 0. The fraction of sp³-hybridized carbons (Fsp3) is 0.375. The molecule has 2 aromatic rings. The van der Waals surface area contributed by atoms with Crippen LogP contribution in [-0.2, 0) is 24.1 Å². The lowest BCUT2D eigenvalue weighted by molar-refractivity contribution is -0.136. The Hall–Kier alpha value is -2.30. The first-order valence-corrected chi connectivity index (χ1v) is 7.09. The van der Waals surface area contributed by atoms with Crippen molar-refractivity contribution in [1.82, 2.24) is 15.0 Å². The highest BCUT2D eigenvalue weighted by atomic mass is 16.4. The fourth-order valence-electron chi connectivity index (χ4n) is 2.35. The number of rotatable bonds is 5. The van der Waals surface area contributed by atoms with Crippen molar-refractivity contribution >= 4 is 5.97 Å². The maximum atomic E-state index is 11.0. The van der Waals surface area contributed by atoms with E-state index < -0.39 is 5.97 Å². The molecule has 1 N–H and O–H groups in total. The molecule has 0 atom stereocenters. The molecule has 21 heavy (non-hydrogen) atoms. The molecular formula is C16H19N3O2. The van der Waals surface area contributed by atoms with Crippen molar-refractivity contribution in [3.05, 3.63) is 40.8 Å². The van der Waals surface area contributed by atoms with Gasteiger partial charge in [0.25, 0.3) is 0 Å². The third-order valence-corrected chi connectivity index (χ3v) is 3.40. The number of carboxylic acid groups (broad SMARTS) is 1. The van der Waals surface area contributed by atoms with Crippen molar-refractivity contribution in [3.63, 3.8) is 0 Å². The lowest BCUT2D eigenvalue weighted by Crippen LogP contribution is -2.12. The van der Waals surface area contributed by atoms with Crippen LogP contribution in [0.5, 0.6) is 0 Å². The van der Waals surface area contributed by atoms with Crippen LogP contribution in [0, 0.1) is 6.92 Å². The predicted octanol–water partition coefficient (Wildman–Crippen LogP) is 2.60. The number of hydrogen-bond acceptors (Lipinski definition) is 4. The molecule has 0 saturated carbocycles. The zero-order valence-corrected chi connectivity index (χ0v) is 12.6. The van der Waals surface area contributed by atoms with Crippen LogP contribution in [0.25, 0.3) is 11.5 Å². The smallest absolute Gasteiger partial charge is 0.307 e. The summed E-state index contributed by atoms with van der Waals surface area (Å²) in [5.41, 5.74) is 4.09. The van der Waals surface area contributed by atoms with Crippen LogP contribution in [0.2, 0.25) is 0 Å². The summed E-state index contributed by atoms with van der Waals surface area (Å²) < 4.78 is 0. The largest absolute Gasteiger partial charge is 0.481 e. The van der Waals surface area contributed by atoms with Crippen LogP contribution in [0.15, 0.2) is 18.3 Å². The van der Waals surface area contributed by atoms with Gasteiger partial charge in [0.15, 0.2) is 5.82 Å². The van der Waals surface area contributed by atoms with Gasteiger partial charge in [-0.1, -0.05) is 19.9 Å². The molecule has 0 aliphatic rings. The minimum atomic E-state index is -0.857. The standard InChI is InChI=1S/C16H19N3O2/c1-4-12-11(9-14(20)21)13(5-2)19-16(18-12)15-10(3)7-6-8-17-15/h6-8H,4-5,9H2,1-3H3,(H,20,21). The minimum absolute atomic E-state index is 0.0339. The van der Waals surface area contributed by atoms with Crippen LogP contribution < -0.4 is 0 Å². The molecular weight excluding hydrogens is 266 g/mol. The molecule has 0 saturated heterocycles. The van der Waals surface area contributed by atoms with E-state index in [4.69, 9.17) is 5.11 Å². The lowest BCUT2D eigenvalue weighted by atomic mass is 10.0. The van der Waals surface area contributed by atoms with Crippen LogP contribution in [0.4, 0.5) is 0 Å². The monoisotopic (exact) mass is 285 g/mol. The van der Waals surface area contributed by atoms with Crippen molar-refractivity contribution in [2.45, 2.75) is 40.0 Å². The van der Waals surface area contributed by atoms with Crippen LogP contribution in [-0.4, -0.2) is 26.0 Å². The Balaban J connectivity index is 2.60. The Morgan fingerprint density at radius 3 is 2.29 bits per heavy atom. The van der Waals surface area contributed by atoms with E-state index in [9.17, 15) is 4.79 Å². The first-order chi connectivity index (χ1) is 10.1. The number of pyridine rings is 1. The molecule has 0 aromatic carbocycles. The minimum Gasteiger partial charge on any atom is -0.481 e. The second kappa shape index (κ2) is 6.43. The summed E-state index contributed by atoms with van der Waals surface area (Å²) in [5.74, 6) is -0.277. The summed E-state index contributed by atoms with van der Waals surface area (Å²) in [6, 6.07) is 3.84. The van der Waals surface area contributed by atoms with E-state index in [2.05, 4.69) is 15.0 Å². The zero-order chi connectivity index (χ0) is 15.4. The second-order valence-corrected chi connectivity index (χ2v) is 4.87. The molecule has 110 valence electrons. The Morgan fingerprint density at radius 2 is 1.81 bits per heavy atom. The third-order valence-electron chi connectivity index (χ3n) is 3.40. The summed E-state index contributed by atoms with van der Waals surface area (Å²) in [4.78, 5) is 24.5. The number of carboxylic acids is 1. The molecule has 2 aromatic heterocycles. The van der Waals surface area contributed by atoms with Gasteiger partial charge in [0, 0.05) is 23.1 Å². The quantitative estimate of drug-likeness (QED) is 0.913. The van der Waals surface area contributed by atoms with Gasteiger partial charge in [-0.3, -0.25) is 9.78 Å². The number of nitrogens with zero attached hydrogens (tertiary/aromatic N) is 3. The van der Waals surface area contributed by atoms with Gasteiger partial charge >= 0.3 is 5.97 Å². The van der Waals surface area contributed by atoms with E-state index in [-0.39, 0.29) is 6.42 Å². The summed E-state index contributed by atoms with van der Waals surface area (Å²) in [6.07, 6.45) is 3.04. The van der Waals surface area contributed by atoms with Crippen LogP contribution >= 0.6 is 0 Å². The molecule has 0 spiro atoms. The Kier molecular flexibility index (Phi) is 4.62. The number of aryl methyl sites for hydroxylation is 3. The normalized spacial score (nSPS) is 10.6. The van der Waals surface area contributed by atoms with E-state index >= 15 is 0 Å². The van der Waals surface area contributed by atoms with Crippen molar-refractivity contribution in [2.75, 3.05) is 0 Å². The molecule has 0 fully saturated rings. The Bertz CT molecular complexity index is 643. The first-order valence-electron chi connectivity index (χ1n) is 7.09. The summed E-state index contributed by atoms with van der Waals surface area (Å²) in [5, 5.41) is 9.07. The van der Waals surface area contributed by atoms with Crippen molar-refractivity contribution in [3.8, 4) is 11.5 Å². The van der Waals surface area contributed by atoms with E-state index in [1.54, 1.807) is 6.20 Å². The maximum absolute atomic E-state index is 11.0. The van der Waals surface area contributed by atoms with Crippen LogP contribution in [0.1, 0.15) is 36.4 Å². The van der Waals surface area contributed by atoms with Gasteiger partial charge in [-0.25, -0.2) is 9.97 Å². The highest BCUT2D eigenvalue weighted by Crippen LogP contribution is 2.21. The van der Waals surface area contributed by atoms with E-state index in [1.807, 2.05) is 32.9 Å². The maximum Gasteiger partial charge on any atom is 0.307 e. The Labute approximate surface area is 124 Å². The highest BCUT2D eigenvalue weighted by molar-refractivity contribution is 5.71. The van der Waals surface area contributed by atoms with Crippen molar-refractivity contribution in [1.29, 1.82) is 0 Å². The van der Waals surface area contributed by atoms with Gasteiger partial charge in [-0.05, 0) is 31.4 Å². The topological polar surface area (TPSA) is 76.0 Å². The van der Waals surface area contributed by atoms with E-state index in [1.165, 1.54) is 0 Å². The third kappa shape index (κ3) is 3.24. The van der Waals surface area contributed by atoms with Gasteiger partial charge < -0.3 is 5.11 Å². The molecule has 0 bridgehead atoms. The molecule has 0 amide bonds. The highest BCUT2D eigenvalue weighted by Gasteiger charge is 2.17. The average Bonchev–Trinajstić information content (AvgIpc) is 2.47. The summed E-state index contributed by atoms with van der Waals surface area (Å²) in [7, 11) is 0. The van der Waals surface area contributed by atoms with Gasteiger partial charge in [0.2, 0.25) is 0 Å². The molecule has 5 heteroatoms. The molecule has 2 heterocycles. The fourth-order valence-corrected chi connectivity index (χ4v) is 2.35. The van der Waals surface area contributed by atoms with Crippen LogP contribution in [0.3, 0.4) is 0 Å². The van der Waals surface area contributed by atoms with E-state index in [0.717, 1.165) is 28.2 Å². The molecule has 5 nitrogen and oxygen atoms in total. The lowest BCUT2D eigenvalue weighted by Gasteiger charge is -2.13. The average molecular weight is 285 g/mol.